The van der Waals surface area contributed by atoms with E-state index in [0.717, 1.165) is 29.9 Å². The topological polar surface area (TPSA) is 46.7 Å². The maximum atomic E-state index is 10.8. The van der Waals surface area contributed by atoms with Gasteiger partial charge >= 0.3 is 0 Å². The number of aryl methyl sites for hydroxylation is 3. The smallest absolute Gasteiger partial charge is 0.140 e. The van der Waals surface area contributed by atoms with Crippen LogP contribution in [0.1, 0.15) is 48.3 Å². The highest BCUT2D eigenvalue weighted by molar-refractivity contribution is 5.55. The normalized spacial score (nSPS) is 16.6. The van der Waals surface area contributed by atoms with Crippen LogP contribution in [0.3, 0.4) is 0 Å². The zero-order chi connectivity index (χ0) is 12.7. The summed E-state index contributed by atoms with van der Waals surface area (Å²) in [4.78, 5) is 15.5. The third-order valence-corrected chi connectivity index (χ3v) is 3.89. The maximum Gasteiger partial charge on any atom is 0.140 e. The van der Waals surface area contributed by atoms with Gasteiger partial charge in [0, 0.05) is 6.20 Å². The summed E-state index contributed by atoms with van der Waals surface area (Å²) in [6.45, 7) is 3.78. The van der Waals surface area contributed by atoms with Crippen molar-refractivity contribution in [1.82, 2.24) is 9.38 Å². The predicted octanol–water partition coefficient (Wildman–Crippen LogP) is 3.35. The molecular weight excluding hydrogens is 226 g/mol. The summed E-state index contributed by atoms with van der Waals surface area (Å²) >= 11 is 0. The highest BCUT2D eigenvalue weighted by atomic mass is 16.3. The van der Waals surface area contributed by atoms with Gasteiger partial charge in [0.1, 0.15) is 11.7 Å². The number of imidazole rings is 1. The van der Waals surface area contributed by atoms with E-state index in [2.05, 4.69) is 16.2 Å². The van der Waals surface area contributed by atoms with E-state index in [4.69, 9.17) is 0 Å². The van der Waals surface area contributed by atoms with Crippen LogP contribution in [0.2, 0.25) is 0 Å². The van der Waals surface area contributed by atoms with Crippen LogP contribution < -0.4 is 0 Å². The number of rotatable bonds is 2. The summed E-state index contributed by atoms with van der Waals surface area (Å²) in [5.74, 6) is 0. The fraction of sp³-hybridized carbons (Fsp3) is 0.500. The van der Waals surface area contributed by atoms with Crippen molar-refractivity contribution in [1.29, 1.82) is 0 Å². The third kappa shape index (κ3) is 1.55. The molecule has 2 aromatic heterocycles. The largest absolute Gasteiger partial charge is 0.301 e. The van der Waals surface area contributed by atoms with E-state index >= 15 is 0 Å². The molecule has 0 spiro atoms. The van der Waals surface area contributed by atoms with E-state index in [-0.39, 0.29) is 6.04 Å². The molecule has 1 aliphatic rings. The van der Waals surface area contributed by atoms with Gasteiger partial charge < -0.3 is 4.40 Å². The first-order chi connectivity index (χ1) is 8.72. The standard InChI is InChI=1S/C14H17N3O/c1-9-13(10(2)16-18)17-8-7-11-5-3-4-6-12(11)14(17)15-9/h7-8,10H,3-6H2,1-2H3. The summed E-state index contributed by atoms with van der Waals surface area (Å²) < 4.78 is 2.05. The molecule has 1 aliphatic carbocycles. The number of pyridine rings is 1. The van der Waals surface area contributed by atoms with Crippen molar-refractivity contribution < 1.29 is 0 Å². The quantitative estimate of drug-likeness (QED) is 0.759. The maximum absolute atomic E-state index is 10.8. The number of hydrogen-bond donors (Lipinski definition) is 0. The lowest BCUT2D eigenvalue weighted by atomic mass is 9.93. The monoisotopic (exact) mass is 243 g/mol. The van der Waals surface area contributed by atoms with Gasteiger partial charge in [-0.25, -0.2) is 4.98 Å². The highest BCUT2D eigenvalue weighted by Gasteiger charge is 2.20. The van der Waals surface area contributed by atoms with E-state index in [0.29, 0.717) is 0 Å². The SMILES string of the molecule is Cc1nc2c3c(ccn2c1C(C)N=O)CCCC3. The van der Waals surface area contributed by atoms with Crippen LogP contribution in [-0.2, 0) is 12.8 Å². The molecule has 4 heteroatoms. The molecule has 0 saturated heterocycles. The Bertz CT molecular complexity index is 615. The molecule has 0 aliphatic heterocycles. The Morgan fingerprint density at radius 1 is 1.39 bits per heavy atom. The lowest BCUT2D eigenvalue weighted by Crippen LogP contribution is -2.06. The Labute approximate surface area is 106 Å². The zero-order valence-corrected chi connectivity index (χ0v) is 10.8. The van der Waals surface area contributed by atoms with Crippen molar-refractivity contribution in [3.63, 3.8) is 0 Å². The molecule has 2 aromatic rings. The minimum atomic E-state index is -0.346. The lowest BCUT2D eigenvalue weighted by Gasteiger charge is -2.16. The van der Waals surface area contributed by atoms with Crippen molar-refractivity contribution in [3.05, 3.63) is 39.7 Å². The summed E-state index contributed by atoms with van der Waals surface area (Å²) in [5, 5.41) is 3.14. The third-order valence-electron chi connectivity index (χ3n) is 3.89. The fourth-order valence-electron chi connectivity index (χ4n) is 3.01. The van der Waals surface area contributed by atoms with E-state index in [1.54, 1.807) is 0 Å². The van der Waals surface area contributed by atoms with Crippen LogP contribution in [0.15, 0.2) is 17.4 Å². The van der Waals surface area contributed by atoms with Gasteiger partial charge in [-0.2, -0.15) is 4.91 Å². The van der Waals surface area contributed by atoms with Crippen LogP contribution in [0.5, 0.6) is 0 Å². The van der Waals surface area contributed by atoms with Crippen LogP contribution >= 0.6 is 0 Å². The molecule has 0 fully saturated rings. The number of hydrogen-bond acceptors (Lipinski definition) is 3. The first-order valence-electron chi connectivity index (χ1n) is 6.54. The van der Waals surface area contributed by atoms with E-state index in [1.165, 1.54) is 24.0 Å². The average molecular weight is 243 g/mol. The Balaban J connectivity index is 2.28. The minimum Gasteiger partial charge on any atom is -0.301 e. The number of nitroso groups, excluding NO2 is 1. The van der Waals surface area contributed by atoms with Crippen LogP contribution in [0.25, 0.3) is 5.65 Å². The molecule has 94 valence electrons. The molecule has 3 rings (SSSR count). The van der Waals surface area contributed by atoms with Gasteiger partial charge in [0.25, 0.3) is 0 Å². The van der Waals surface area contributed by atoms with Crippen LogP contribution in [0, 0.1) is 11.8 Å². The molecule has 0 saturated carbocycles. The van der Waals surface area contributed by atoms with E-state index in [1.807, 2.05) is 24.4 Å². The van der Waals surface area contributed by atoms with Crippen molar-refractivity contribution in [3.8, 4) is 0 Å². The highest BCUT2D eigenvalue weighted by Crippen LogP contribution is 2.29. The zero-order valence-electron chi connectivity index (χ0n) is 10.8. The Morgan fingerprint density at radius 2 is 2.17 bits per heavy atom. The number of aromatic nitrogens is 2. The Morgan fingerprint density at radius 3 is 2.94 bits per heavy atom. The van der Waals surface area contributed by atoms with Gasteiger partial charge in [-0.1, -0.05) is 5.18 Å². The van der Waals surface area contributed by atoms with Crippen molar-refractivity contribution in [2.24, 2.45) is 5.18 Å². The molecule has 4 nitrogen and oxygen atoms in total. The number of fused-ring (bicyclic) bond motifs is 3. The average Bonchev–Trinajstić information content (AvgIpc) is 2.74. The summed E-state index contributed by atoms with van der Waals surface area (Å²) in [6, 6.07) is 1.82. The molecule has 2 heterocycles. The van der Waals surface area contributed by atoms with Crippen molar-refractivity contribution in [2.75, 3.05) is 0 Å². The van der Waals surface area contributed by atoms with E-state index < -0.39 is 0 Å². The van der Waals surface area contributed by atoms with Crippen LogP contribution in [-0.4, -0.2) is 9.38 Å². The molecule has 0 N–H and O–H groups in total. The molecule has 0 amide bonds. The molecule has 0 bridgehead atoms. The molecule has 1 atom stereocenters. The van der Waals surface area contributed by atoms with Gasteiger partial charge in [-0.05, 0) is 56.7 Å². The molecule has 18 heavy (non-hydrogen) atoms. The van der Waals surface area contributed by atoms with Gasteiger partial charge in [0.05, 0.1) is 11.4 Å². The first-order valence-corrected chi connectivity index (χ1v) is 6.54. The molecular formula is C14H17N3O. The van der Waals surface area contributed by atoms with Gasteiger partial charge in [0.15, 0.2) is 0 Å². The minimum absolute atomic E-state index is 0.346. The van der Waals surface area contributed by atoms with Crippen molar-refractivity contribution >= 4 is 5.65 Å². The fourth-order valence-corrected chi connectivity index (χ4v) is 3.01. The van der Waals surface area contributed by atoms with Gasteiger partial charge in [-0.3, -0.25) is 0 Å². The second-order valence-corrected chi connectivity index (χ2v) is 5.08. The number of nitrogens with zero attached hydrogens (tertiary/aromatic N) is 3. The Kier molecular flexibility index (Phi) is 2.65. The Hall–Kier alpha value is -1.71. The van der Waals surface area contributed by atoms with Crippen molar-refractivity contribution in [2.45, 2.75) is 45.6 Å². The first kappa shape index (κ1) is 11.4. The summed E-state index contributed by atoms with van der Waals surface area (Å²) in [6.07, 6.45) is 6.78. The predicted molar refractivity (Wildman–Crippen MR) is 70.8 cm³/mol. The summed E-state index contributed by atoms with van der Waals surface area (Å²) in [5.41, 5.74) is 5.64. The van der Waals surface area contributed by atoms with Gasteiger partial charge in [0.2, 0.25) is 0 Å². The second kappa shape index (κ2) is 4.19. The molecule has 0 radical (unpaired) electrons. The lowest BCUT2D eigenvalue weighted by molar-refractivity contribution is 0.682. The molecule has 1 unspecified atom stereocenters. The summed E-state index contributed by atoms with van der Waals surface area (Å²) in [7, 11) is 0. The van der Waals surface area contributed by atoms with E-state index in [9.17, 15) is 4.91 Å². The molecule has 0 aromatic carbocycles. The van der Waals surface area contributed by atoms with Crippen LogP contribution in [0.4, 0.5) is 0 Å². The second-order valence-electron chi connectivity index (χ2n) is 5.08. The van der Waals surface area contributed by atoms with Gasteiger partial charge in [-0.15, -0.1) is 0 Å².